The first kappa shape index (κ1) is 21.2. The Hall–Kier alpha value is -3.09. The van der Waals surface area contributed by atoms with Crippen molar-refractivity contribution in [3.63, 3.8) is 0 Å². The number of rotatable bonds is 8. The molecule has 160 valence electrons. The number of nitrogens with zero attached hydrogens (tertiary/aromatic N) is 1. The molecule has 0 atom stereocenters. The van der Waals surface area contributed by atoms with E-state index in [2.05, 4.69) is 9.97 Å². The number of hydrogen-bond donors (Lipinski definition) is 1. The summed E-state index contributed by atoms with van der Waals surface area (Å²) >= 11 is 5.98. The molecule has 2 heterocycles. The molecule has 0 spiro atoms. The fourth-order valence-corrected chi connectivity index (χ4v) is 3.68. The summed E-state index contributed by atoms with van der Waals surface area (Å²) in [5.74, 6) is 0.250. The first-order valence-electron chi connectivity index (χ1n) is 10.1. The van der Waals surface area contributed by atoms with Crippen molar-refractivity contribution in [2.45, 2.75) is 26.6 Å². The molecular formula is C24H23ClN2O4. The lowest BCUT2D eigenvalue weighted by atomic mass is 10.0. The lowest BCUT2D eigenvalue weighted by Crippen LogP contribution is -2.12. The molecule has 2 aromatic heterocycles. The van der Waals surface area contributed by atoms with Crippen LogP contribution in [-0.4, -0.2) is 29.7 Å². The van der Waals surface area contributed by atoms with Crippen molar-refractivity contribution >= 4 is 39.4 Å². The molecule has 4 aromatic rings. The van der Waals surface area contributed by atoms with E-state index in [9.17, 15) is 4.79 Å². The zero-order valence-corrected chi connectivity index (χ0v) is 18.2. The summed E-state index contributed by atoms with van der Waals surface area (Å²) in [6.07, 6.45) is 2.39. The molecule has 0 unspecified atom stereocenters. The number of H-pyrrole nitrogens is 1. The van der Waals surface area contributed by atoms with Gasteiger partial charge in [-0.2, -0.15) is 0 Å². The largest absolute Gasteiger partial charge is 0.488 e. The van der Waals surface area contributed by atoms with Gasteiger partial charge in [0, 0.05) is 28.5 Å². The summed E-state index contributed by atoms with van der Waals surface area (Å²) in [5.41, 5.74) is 3.63. The van der Waals surface area contributed by atoms with Gasteiger partial charge in [0.1, 0.15) is 12.4 Å². The Morgan fingerprint density at radius 1 is 1.06 bits per heavy atom. The third-order valence-electron chi connectivity index (χ3n) is 4.95. The smallest absolute Gasteiger partial charge is 0.357 e. The molecule has 0 saturated heterocycles. The third kappa shape index (κ3) is 4.36. The lowest BCUT2D eigenvalue weighted by molar-refractivity contribution is 0.0493. The van der Waals surface area contributed by atoms with E-state index in [1.807, 2.05) is 49.4 Å². The highest BCUT2D eigenvalue weighted by molar-refractivity contribution is 6.30. The number of nitrogens with one attached hydrogen (secondary N) is 1. The Morgan fingerprint density at radius 3 is 2.61 bits per heavy atom. The van der Waals surface area contributed by atoms with E-state index in [0.29, 0.717) is 29.5 Å². The second kappa shape index (κ2) is 9.37. The Balaban J connectivity index is 1.81. The molecule has 0 saturated carbocycles. The first-order valence-corrected chi connectivity index (χ1v) is 10.5. The van der Waals surface area contributed by atoms with Crippen molar-refractivity contribution in [1.82, 2.24) is 9.97 Å². The molecule has 0 radical (unpaired) electrons. The average Bonchev–Trinajstić information content (AvgIpc) is 3.17. The van der Waals surface area contributed by atoms with Gasteiger partial charge < -0.3 is 19.2 Å². The minimum atomic E-state index is -0.454. The van der Waals surface area contributed by atoms with Gasteiger partial charge in [0.2, 0.25) is 0 Å². The van der Waals surface area contributed by atoms with E-state index in [4.69, 9.17) is 25.8 Å². The van der Waals surface area contributed by atoms with Gasteiger partial charge in [-0.1, -0.05) is 36.7 Å². The highest BCUT2D eigenvalue weighted by Crippen LogP contribution is 2.36. The molecule has 4 rings (SSSR count). The molecule has 0 bridgehead atoms. The summed E-state index contributed by atoms with van der Waals surface area (Å²) in [6.45, 7) is 2.90. The monoisotopic (exact) mass is 438 g/mol. The van der Waals surface area contributed by atoms with Crippen molar-refractivity contribution in [2.75, 3.05) is 13.7 Å². The normalized spacial score (nSPS) is 11.2. The van der Waals surface area contributed by atoms with Crippen LogP contribution in [0, 0.1) is 0 Å². The van der Waals surface area contributed by atoms with Crippen LogP contribution in [0.3, 0.4) is 0 Å². The predicted octanol–water partition coefficient (Wildman–Crippen LogP) is 5.66. The topological polar surface area (TPSA) is 73.4 Å². The molecule has 0 aliphatic heterocycles. The number of halogens is 1. The van der Waals surface area contributed by atoms with Gasteiger partial charge in [0.05, 0.1) is 30.4 Å². The van der Waals surface area contributed by atoms with E-state index in [0.717, 1.165) is 33.8 Å². The number of ether oxygens (including phenoxy) is 3. The van der Waals surface area contributed by atoms with Crippen LogP contribution in [-0.2, 0) is 22.7 Å². The summed E-state index contributed by atoms with van der Waals surface area (Å²) in [5, 5.41) is 2.41. The molecule has 1 N–H and O–H groups in total. The predicted molar refractivity (Wildman–Crippen MR) is 121 cm³/mol. The van der Waals surface area contributed by atoms with Gasteiger partial charge in [-0.25, -0.2) is 9.78 Å². The van der Waals surface area contributed by atoms with E-state index < -0.39 is 5.97 Å². The Morgan fingerprint density at radius 2 is 1.87 bits per heavy atom. The van der Waals surface area contributed by atoms with Crippen LogP contribution in [0.1, 0.15) is 35.0 Å². The molecular weight excluding hydrogens is 416 g/mol. The number of hydrogen-bond acceptors (Lipinski definition) is 5. The minimum absolute atomic E-state index is 0.222. The fraction of sp³-hybridized carbons (Fsp3) is 0.250. The minimum Gasteiger partial charge on any atom is -0.488 e. The Labute approximate surface area is 185 Å². The van der Waals surface area contributed by atoms with Crippen molar-refractivity contribution in [3.05, 3.63) is 70.5 Å². The molecule has 0 amide bonds. The summed E-state index contributed by atoms with van der Waals surface area (Å²) < 4.78 is 16.9. The number of pyridine rings is 1. The van der Waals surface area contributed by atoms with Gasteiger partial charge in [-0.15, -0.1) is 0 Å². The van der Waals surface area contributed by atoms with E-state index in [1.54, 1.807) is 13.3 Å². The van der Waals surface area contributed by atoms with Crippen LogP contribution >= 0.6 is 11.6 Å². The van der Waals surface area contributed by atoms with Gasteiger partial charge >= 0.3 is 5.97 Å². The molecule has 7 heteroatoms. The van der Waals surface area contributed by atoms with Crippen LogP contribution in [0.15, 0.2) is 48.7 Å². The summed E-state index contributed by atoms with van der Waals surface area (Å²) in [4.78, 5) is 20.4. The summed E-state index contributed by atoms with van der Waals surface area (Å²) in [6, 6.07) is 13.3. The SMILES string of the molecule is CCCOC(=O)c1ncc2[nH]c3cccc(OCc4ccc(Cl)cc4)c3c2c1COC. The number of fused-ring (bicyclic) bond motifs is 3. The average molecular weight is 439 g/mol. The highest BCUT2D eigenvalue weighted by atomic mass is 35.5. The number of benzene rings is 2. The van der Waals surface area contributed by atoms with Crippen molar-refractivity contribution < 1.29 is 19.0 Å². The van der Waals surface area contributed by atoms with Crippen LogP contribution in [0.5, 0.6) is 5.75 Å². The second-order valence-electron chi connectivity index (χ2n) is 7.16. The van der Waals surface area contributed by atoms with Crippen molar-refractivity contribution in [2.24, 2.45) is 0 Å². The molecule has 2 aromatic carbocycles. The van der Waals surface area contributed by atoms with Crippen LogP contribution < -0.4 is 4.74 Å². The lowest BCUT2D eigenvalue weighted by Gasteiger charge is -2.12. The second-order valence-corrected chi connectivity index (χ2v) is 7.60. The number of carbonyl (C=O) groups is 1. The quantitative estimate of drug-likeness (QED) is 0.359. The highest BCUT2D eigenvalue weighted by Gasteiger charge is 2.22. The number of aromatic amines is 1. The van der Waals surface area contributed by atoms with E-state index >= 15 is 0 Å². The number of methoxy groups -OCH3 is 1. The van der Waals surface area contributed by atoms with Crippen molar-refractivity contribution in [1.29, 1.82) is 0 Å². The number of carbonyl (C=O) groups excluding carboxylic acids is 1. The Kier molecular flexibility index (Phi) is 6.39. The molecule has 0 aliphatic rings. The maximum Gasteiger partial charge on any atom is 0.357 e. The van der Waals surface area contributed by atoms with Gasteiger partial charge in [0.15, 0.2) is 5.69 Å². The van der Waals surface area contributed by atoms with Crippen LogP contribution in [0.4, 0.5) is 0 Å². The maximum atomic E-state index is 12.6. The van der Waals surface area contributed by atoms with E-state index in [1.165, 1.54) is 0 Å². The maximum absolute atomic E-state index is 12.6. The standard InChI is InChI=1S/C24H23ClN2O4/c1-3-11-30-24(28)23-17(14-29-2)21-19(12-26-23)27-18-5-4-6-20(22(18)21)31-13-15-7-9-16(25)10-8-15/h4-10,12,27H,3,11,13-14H2,1-2H3. The zero-order valence-electron chi connectivity index (χ0n) is 17.4. The zero-order chi connectivity index (χ0) is 21.8. The summed E-state index contributed by atoms with van der Waals surface area (Å²) in [7, 11) is 1.59. The number of esters is 1. The van der Waals surface area contributed by atoms with Gasteiger partial charge in [0.25, 0.3) is 0 Å². The van der Waals surface area contributed by atoms with Gasteiger partial charge in [-0.3, -0.25) is 0 Å². The molecule has 0 aliphatic carbocycles. The molecule has 6 nitrogen and oxygen atoms in total. The van der Waals surface area contributed by atoms with Crippen LogP contribution in [0.2, 0.25) is 5.02 Å². The Bertz CT molecular complexity index is 1220. The van der Waals surface area contributed by atoms with Gasteiger partial charge in [-0.05, 0) is 36.2 Å². The van der Waals surface area contributed by atoms with Crippen molar-refractivity contribution in [3.8, 4) is 5.75 Å². The molecule has 31 heavy (non-hydrogen) atoms. The number of aromatic nitrogens is 2. The molecule has 0 fully saturated rings. The third-order valence-corrected chi connectivity index (χ3v) is 5.20. The fourth-order valence-electron chi connectivity index (χ4n) is 3.56. The van der Waals surface area contributed by atoms with Crippen LogP contribution in [0.25, 0.3) is 21.8 Å². The van der Waals surface area contributed by atoms with E-state index in [-0.39, 0.29) is 12.3 Å². The first-order chi connectivity index (χ1) is 15.1.